The van der Waals surface area contributed by atoms with Crippen molar-refractivity contribution in [3.05, 3.63) is 23.8 Å². The second kappa shape index (κ2) is 5.58. The van der Waals surface area contributed by atoms with Gasteiger partial charge in [0, 0.05) is 12.1 Å². The zero-order valence-electron chi connectivity index (χ0n) is 10.0. The zero-order valence-corrected chi connectivity index (χ0v) is 10.8. The highest BCUT2D eigenvalue weighted by molar-refractivity contribution is 5.85. The van der Waals surface area contributed by atoms with Crippen molar-refractivity contribution in [2.45, 2.75) is 25.9 Å². The Bertz CT molecular complexity index is 382. The van der Waals surface area contributed by atoms with Crippen molar-refractivity contribution in [2.75, 3.05) is 13.4 Å². The van der Waals surface area contributed by atoms with Crippen molar-refractivity contribution in [3.63, 3.8) is 0 Å². The summed E-state index contributed by atoms with van der Waals surface area (Å²) in [5.41, 5.74) is 0.849. The van der Waals surface area contributed by atoms with Crippen LogP contribution in [0.2, 0.25) is 0 Å². The summed E-state index contributed by atoms with van der Waals surface area (Å²) in [4.78, 5) is 0. The number of ether oxygens (including phenoxy) is 2. The predicted molar refractivity (Wildman–Crippen MR) is 67.8 cm³/mol. The highest BCUT2D eigenvalue weighted by atomic mass is 35.5. The van der Waals surface area contributed by atoms with E-state index in [1.807, 2.05) is 32.0 Å². The van der Waals surface area contributed by atoms with E-state index in [-0.39, 0.29) is 24.6 Å². The van der Waals surface area contributed by atoms with E-state index < -0.39 is 0 Å². The first kappa shape index (κ1) is 14.1. The number of hydrogen-bond acceptors (Lipinski definition) is 4. The van der Waals surface area contributed by atoms with Gasteiger partial charge in [-0.15, -0.1) is 12.4 Å². The Hall–Kier alpha value is -0.970. The van der Waals surface area contributed by atoms with Crippen molar-refractivity contribution in [3.8, 4) is 11.5 Å². The maximum Gasteiger partial charge on any atom is 0.231 e. The number of nitrogens with one attached hydrogen (secondary N) is 1. The molecule has 1 aromatic carbocycles. The van der Waals surface area contributed by atoms with Crippen LogP contribution < -0.4 is 14.8 Å². The Morgan fingerprint density at radius 2 is 2.00 bits per heavy atom. The molecule has 2 rings (SSSR count). The minimum absolute atomic E-state index is 0. The molecule has 0 amide bonds. The minimum atomic E-state index is -0.267. The summed E-state index contributed by atoms with van der Waals surface area (Å²) in [5.74, 6) is 1.59. The van der Waals surface area contributed by atoms with E-state index in [4.69, 9.17) is 14.6 Å². The van der Waals surface area contributed by atoms with E-state index in [2.05, 4.69) is 5.32 Å². The van der Waals surface area contributed by atoms with Crippen LogP contribution in [-0.2, 0) is 6.54 Å². The summed E-state index contributed by atoms with van der Waals surface area (Å²) >= 11 is 0. The first-order valence-corrected chi connectivity index (χ1v) is 5.35. The molecule has 0 bridgehead atoms. The van der Waals surface area contributed by atoms with E-state index in [9.17, 15) is 0 Å². The number of aliphatic hydroxyl groups is 1. The molecule has 2 N–H and O–H groups in total. The molecule has 0 aliphatic carbocycles. The third kappa shape index (κ3) is 3.49. The van der Waals surface area contributed by atoms with E-state index in [0.29, 0.717) is 13.3 Å². The molecule has 0 atom stereocenters. The van der Waals surface area contributed by atoms with Gasteiger partial charge in [-0.1, -0.05) is 6.07 Å². The van der Waals surface area contributed by atoms with Crippen molar-refractivity contribution in [1.82, 2.24) is 5.32 Å². The van der Waals surface area contributed by atoms with Gasteiger partial charge in [0.1, 0.15) is 0 Å². The molecule has 5 heteroatoms. The van der Waals surface area contributed by atoms with Crippen LogP contribution in [0.25, 0.3) is 0 Å². The van der Waals surface area contributed by atoms with Crippen LogP contribution in [0.5, 0.6) is 11.5 Å². The molecule has 0 unspecified atom stereocenters. The van der Waals surface area contributed by atoms with Crippen molar-refractivity contribution < 1.29 is 14.6 Å². The Kier molecular flexibility index (Phi) is 4.62. The molecule has 0 spiro atoms. The summed E-state index contributed by atoms with van der Waals surface area (Å²) < 4.78 is 10.5. The Morgan fingerprint density at radius 1 is 1.29 bits per heavy atom. The van der Waals surface area contributed by atoms with Gasteiger partial charge in [-0.2, -0.15) is 0 Å². The molecule has 0 aromatic heterocycles. The Balaban J connectivity index is 0.00000144. The van der Waals surface area contributed by atoms with Crippen LogP contribution in [0.3, 0.4) is 0 Å². The van der Waals surface area contributed by atoms with Crippen molar-refractivity contribution in [1.29, 1.82) is 0 Å². The quantitative estimate of drug-likeness (QED) is 0.864. The topological polar surface area (TPSA) is 50.7 Å². The van der Waals surface area contributed by atoms with Crippen LogP contribution in [0.1, 0.15) is 19.4 Å². The van der Waals surface area contributed by atoms with Crippen LogP contribution in [0.4, 0.5) is 0 Å². The minimum Gasteiger partial charge on any atom is -0.454 e. The summed E-state index contributed by atoms with van der Waals surface area (Å²) in [6.07, 6.45) is 0. The van der Waals surface area contributed by atoms with Crippen molar-refractivity contribution in [2.24, 2.45) is 0 Å². The molecular formula is C12H18ClNO3. The number of fused-ring (bicyclic) bond motifs is 1. The first-order valence-electron chi connectivity index (χ1n) is 5.35. The monoisotopic (exact) mass is 259 g/mol. The van der Waals surface area contributed by atoms with Gasteiger partial charge in [0.15, 0.2) is 11.5 Å². The van der Waals surface area contributed by atoms with Gasteiger partial charge < -0.3 is 19.9 Å². The van der Waals surface area contributed by atoms with Crippen molar-refractivity contribution >= 4 is 12.4 Å². The third-order valence-corrected chi connectivity index (χ3v) is 2.60. The fourth-order valence-electron chi connectivity index (χ4n) is 1.45. The fourth-order valence-corrected chi connectivity index (χ4v) is 1.45. The SMILES string of the molecule is CC(C)(CO)NCc1ccc2c(c1)OCO2.Cl. The highest BCUT2D eigenvalue weighted by Crippen LogP contribution is 2.32. The number of benzene rings is 1. The van der Waals surface area contributed by atoms with Gasteiger partial charge in [-0.25, -0.2) is 0 Å². The van der Waals surface area contributed by atoms with Crippen LogP contribution in [0.15, 0.2) is 18.2 Å². The van der Waals surface area contributed by atoms with Gasteiger partial charge >= 0.3 is 0 Å². The van der Waals surface area contributed by atoms with E-state index in [1.165, 1.54) is 0 Å². The summed E-state index contributed by atoms with van der Waals surface area (Å²) in [6.45, 7) is 5.02. The van der Waals surface area contributed by atoms with E-state index in [1.54, 1.807) is 0 Å². The lowest BCUT2D eigenvalue weighted by atomic mass is 10.1. The predicted octanol–water partition coefficient (Wildman–Crippen LogP) is 1.70. The maximum atomic E-state index is 9.12. The smallest absolute Gasteiger partial charge is 0.231 e. The molecule has 0 saturated carbocycles. The number of halogens is 1. The average molecular weight is 260 g/mol. The molecule has 1 aliphatic rings. The zero-order chi connectivity index (χ0) is 11.6. The van der Waals surface area contributed by atoms with Gasteiger partial charge in [-0.05, 0) is 31.5 Å². The second-order valence-corrected chi connectivity index (χ2v) is 4.58. The molecule has 96 valence electrons. The standard InChI is InChI=1S/C12H17NO3.ClH/c1-12(2,7-14)13-6-9-3-4-10-11(5-9)16-8-15-10;/h3-5,13-14H,6-8H2,1-2H3;1H. The van der Waals surface area contributed by atoms with E-state index >= 15 is 0 Å². The van der Waals surface area contributed by atoms with Gasteiger partial charge in [0.05, 0.1) is 6.61 Å². The highest BCUT2D eigenvalue weighted by Gasteiger charge is 2.17. The molecule has 17 heavy (non-hydrogen) atoms. The lowest BCUT2D eigenvalue weighted by Crippen LogP contribution is -2.42. The normalized spacial score (nSPS) is 13.4. The van der Waals surface area contributed by atoms with Crippen LogP contribution in [0, 0.1) is 0 Å². The van der Waals surface area contributed by atoms with Crippen LogP contribution in [-0.4, -0.2) is 24.0 Å². The number of rotatable bonds is 4. The first-order chi connectivity index (χ1) is 7.61. The second-order valence-electron chi connectivity index (χ2n) is 4.58. The molecule has 0 radical (unpaired) electrons. The fraction of sp³-hybridized carbons (Fsp3) is 0.500. The Morgan fingerprint density at radius 3 is 2.71 bits per heavy atom. The van der Waals surface area contributed by atoms with E-state index in [0.717, 1.165) is 17.1 Å². The average Bonchev–Trinajstić information content (AvgIpc) is 2.73. The third-order valence-electron chi connectivity index (χ3n) is 2.60. The molecule has 0 fully saturated rings. The van der Waals surface area contributed by atoms with Gasteiger partial charge in [0.25, 0.3) is 0 Å². The molecule has 1 heterocycles. The Labute approximate surface area is 107 Å². The maximum absolute atomic E-state index is 9.12. The number of hydrogen-bond donors (Lipinski definition) is 2. The molecule has 1 aliphatic heterocycles. The molecule has 4 nitrogen and oxygen atoms in total. The largest absolute Gasteiger partial charge is 0.454 e. The summed E-state index contributed by atoms with van der Waals surface area (Å²) in [6, 6.07) is 5.86. The summed E-state index contributed by atoms with van der Waals surface area (Å²) in [7, 11) is 0. The summed E-state index contributed by atoms with van der Waals surface area (Å²) in [5, 5.41) is 12.4. The van der Waals surface area contributed by atoms with Crippen LogP contribution >= 0.6 is 12.4 Å². The lowest BCUT2D eigenvalue weighted by Gasteiger charge is -2.23. The van der Waals surface area contributed by atoms with Gasteiger partial charge in [0.2, 0.25) is 6.79 Å². The lowest BCUT2D eigenvalue weighted by molar-refractivity contribution is 0.174. The molecule has 1 aromatic rings. The number of aliphatic hydroxyl groups excluding tert-OH is 1. The van der Waals surface area contributed by atoms with Gasteiger partial charge in [-0.3, -0.25) is 0 Å². The molecule has 0 saturated heterocycles. The molecular weight excluding hydrogens is 242 g/mol.